The second-order valence-corrected chi connectivity index (χ2v) is 4.17. The topological polar surface area (TPSA) is 0 Å². The molecule has 2 rings (SSSR count). The first-order valence-corrected chi connectivity index (χ1v) is 5.63. The minimum Gasteiger partial charge on any atom is -0.0863 e. The van der Waals surface area contributed by atoms with Gasteiger partial charge in [-0.05, 0) is 0 Å². The van der Waals surface area contributed by atoms with E-state index in [0.717, 1.165) is 11.7 Å². The Kier molecular flexibility index (Phi) is 10.0. The van der Waals surface area contributed by atoms with Crippen LogP contribution in [0.5, 0.6) is 0 Å². The van der Waals surface area contributed by atoms with Crippen molar-refractivity contribution in [2.45, 2.75) is 31.4 Å². The van der Waals surface area contributed by atoms with Crippen molar-refractivity contribution in [1.29, 1.82) is 0 Å². The Balaban J connectivity index is 0.000000244. The summed E-state index contributed by atoms with van der Waals surface area (Å²) in [6.45, 7) is 0. The molecule has 0 nitrogen and oxygen atoms in total. The molecule has 0 N–H and O–H groups in total. The van der Waals surface area contributed by atoms with Crippen molar-refractivity contribution in [2.24, 2.45) is 5.92 Å². The van der Waals surface area contributed by atoms with E-state index in [0.29, 0.717) is 0 Å². The van der Waals surface area contributed by atoms with Crippen molar-refractivity contribution in [3.05, 3.63) is 0 Å². The predicted molar refractivity (Wildman–Crippen MR) is 83.4 cm³/mol. The molecule has 1 saturated heterocycles. The minimum atomic E-state index is -0.667. The number of hydrogen-bond acceptors (Lipinski definition) is 0. The van der Waals surface area contributed by atoms with Crippen LogP contribution in [0.2, 0.25) is 12.1 Å². The Hall–Kier alpha value is 0.649. The van der Waals surface area contributed by atoms with Crippen LogP contribution in [0.1, 0.15) is 19.3 Å². The summed E-state index contributed by atoms with van der Waals surface area (Å²) in [5.41, 5.74) is 0. The fourth-order valence-corrected chi connectivity index (χ4v) is 2.04. The van der Waals surface area contributed by atoms with Crippen LogP contribution in [0.4, 0.5) is 0 Å². The van der Waals surface area contributed by atoms with E-state index in [-0.39, 0.29) is 0 Å². The molecule has 0 bridgehead atoms. The molecule has 1 saturated carbocycles. The fraction of sp³-hybridized carbons (Fsp3) is 1.00. The van der Waals surface area contributed by atoms with Crippen LogP contribution in [0.3, 0.4) is 0 Å². The van der Waals surface area contributed by atoms with Gasteiger partial charge in [0, 0.05) is 59.2 Å². The Morgan fingerprint density at radius 2 is 1.38 bits per heavy atom. The molecular weight excluding hydrogens is 180 g/mol. The number of hydrogen-bond donors (Lipinski definition) is 0. The molecule has 2 aliphatic rings. The molecule has 0 aromatic heterocycles. The molecule has 0 spiro atoms. The zero-order chi connectivity index (χ0) is 12.6. The van der Waals surface area contributed by atoms with Crippen LogP contribution in [0, 0.1) is 5.92 Å². The summed E-state index contributed by atoms with van der Waals surface area (Å²) in [7, 11) is 32.8. The molecule has 2 atom stereocenters. The zero-order valence-electron chi connectivity index (χ0n) is 9.76. The highest BCUT2D eigenvalue weighted by molar-refractivity contribution is 7.49. The molecule has 1 heterocycles. The molecule has 1 aliphatic heterocycles. The smallest absolute Gasteiger partial charge is 0.0699 e. The lowest BCUT2D eigenvalue weighted by Gasteiger charge is -2.05. The summed E-state index contributed by atoms with van der Waals surface area (Å²) in [6, 6.07) is 0. The Morgan fingerprint density at radius 1 is 0.875 bits per heavy atom. The van der Waals surface area contributed by atoms with E-state index in [1.54, 1.807) is 0 Å². The van der Waals surface area contributed by atoms with Gasteiger partial charge in [0.05, 0.1) is 14.3 Å². The highest BCUT2D eigenvalue weighted by Crippen LogP contribution is 2.41. The van der Waals surface area contributed by atoms with Gasteiger partial charge in [0.15, 0.2) is 0 Å². The molecule has 0 aromatic carbocycles. The highest BCUT2D eigenvalue weighted by atomic mass is 14.2. The molecule has 64 valence electrons. The number of rotatable bonds is 0. The quantitative estimate of drug-likeness (QED) is 0.399. The van der Waals surface area contributed by atoms with Crippen LogP contribution in [-0.2, 0) is 0 Å². The lowest BCUT2D eigenvalue weighted by Crippen LogP contribution is -2.11. The van der Waals surface area contributed by atoms with Crippen molar-refractivity contribution < 1.29 is 0 Å². The summed E-state index contributed by atoms with van der Waals surface area (Å²) in [6.07, 6.45) is 4.50. The standard InChI is InChI=1S/C6H10B2.2B4/c1-2-5-4-7-8-6(5)3-1;2*1-4(2)3/h5-6H,1-4H2;;. The first-order chi connectivity index (χ1) is 7.43. The molecule has 16 heavy (non-hydrogen) atoms. The summed E-state index contributed by atoms with van der Waals surface area (Å²) in [5.74, 6) is 2.06. The van der Waals surface area contributed by atoms with Crippen LogP contribution in [0.15, 0.2) is 0 Å². The van der Waals surface area contributed by atoms with Crippen LogP contribution in [0.25, 0.3) is 0 Å². The van der Waals surface area contributed by atoms with Gasteiger partial charge in [-0.3, -0.25) is 0 Å². The van der Waals surface area contributed by atoms with E-state index in [2.05, 4.69) is 60.8 Å². The van der Waals surface area contributed by atoms with Crippen LogP contribution < -0.4 is 0 Å². The van der Waals surface area contributed by atoms with E-state index in [1.165, 1.54) is 25.6 Å². The molecule has 1 aliphatic carbocycles. The van der Waals surface area contributed by atoms with E-state index < -0.39 is 12.8 Å². The third-order valence-corrected chi connectivity index (χ3v) is 2.54. The van der Waals surface area contributed by atoms with Gasteiger partial charge in [-0.2, -0.15) is 0 Å². The molecule has 10 heteroatoms. The Bertz CT molecular complexity index is 130. The maximum absolute atomic E-state index is 4.67. The number of fused-ring (bicyclic) bond motifs is 1. The van der Waals surface area contributed by atoms with Gasteiger partial charge < -0.3 is 0 Å². The molecule has 2 unspecified atom stereocenters. The third kappa shape index (κ3) is 9.85. The molecular formula is C6H10B10. The predicted octanol–water partition coefficient (Wildman–Crippen LogP) is -1.72. The summed E-state index contributed by atoms with van der Waals surface area (Å²) >= 11 is 0. The monoisotopic (exact) mass is 192 g/mol. The van der Waals surface area contributed by atoms with Crippen LogP contribution >= 0.6 is 0 Å². The van der Waals surface area contributed by atoms with Crippen molar-refractivity contribution in [3.63, 3.8) is 0 Å². The van der Waals surface area contributed by atoms with E-state index in [9.17, 15) is 0 Å². The van der Waals surface area contributed by atoms with Crippen molar-refractivity contribution >= 4 is 73.5 Å². The van der Waals surface area contributed by atoms with Gasteiger partial charge in [0.2, 0.25) is 0 Å². The molecule has 0 amide bonds. The average molecular weight is 190 g/mol. The normalized spacial score (nSPS) is 24.5. The highest BCUT2D eigenvalue weighted by Gasteiger charge is 2.31. The van der Waals surface area contributed by atoms with E-state index >= 15 is 0 Å². The summed E-state index contributed by atoms with van der Waals surface area (Å²) in [5, 5.41) is 0. The van der Waals surface area contributed by atoms with E-state index in [1.807, 2.05) is 0 Å². The van der Waals surface area contributed by atoms with Crippen LogP contribution in [-0.4, -0.2) is 73.5 Å². The minimum absolute atomic E-state index is 0.667. The van der Waals surface area contributed by atoms with Crippen molar-refractivity contribution in [3.8, 4) is 0 Å². The summed E-state index contributed by atoms with van der Waals surface area (Å²) < 4.78 is 0. The van der Waals surface area contributed by atoms with Gasteiger partial charge in [0.25, 0.3) is 0 Å². The van der Waals surface area contributed by atoms with Gasteiger partial charge >= 0.3 is 0 Å². The SMILES string of the molecule is [B]1[B]C2CCCC2C1.[B]B([B])[B].[B]B([B])[B]. The first kappa shape index (κ1) is 16.6. The van der Waals surface area contributed by atoms with Crippen molar-refractivity contribution in [2.75, 3.05) is 0 Å². The lowest BCUT2D eigenvalue weighted by atomic mass is 9.08. The van der Waals surface area contributed by atoms with Gasteiger partial charge in [-0.15, -0.1) is 0 Å². The second-order valence-electron chi connectivity index (χ2n) is 4.17. The van der Waals surface area contributed by atoms with Crippen molar-refractivity contribution in [1.82, 2.24) is 0 Å². The average Bonchev–Trinajstić information content (AvgIpc) is 2.58. The Labute approximate surface area is 111 Å². The van der Waals surface area contributed by atoms with Gasteiger partial charge in [-0.25, -0.2) is 0 Å². The molecule has 14 radical (unpaired) electrons. The second kappa shape index (κ2) is 9.66. The lowest BCUT2D eigenvalue weighted by molar-refractivity contribution is 0.620. The van der Waals surface area contributed by atoms with E-state index in [4.69, 9.17) is 0 Å². The maximum Gasteiger partial charge on any atom is 0.0699 e. The van der Waals surface area contributed by atoms with Gasteiger partial charge in [0.1, 0.15) is 0 Å². The molecule has 0 aromatic rings. The third-order valence-electron chi connectivity index (χ3n) is 2.54. The Morgan fingerprint density at radius 3 is 1.81 bits per heavy atom. The zero-order valence-corrected chi connectivity index (χ0v) is 9.76. The fourth-order valence-electron chi connectivity index (χ4n) is 2.04. The molecule has 2 fully saturated rings. The first-order valence-electron chi connectivity index (χ1n) is 5.63. The largest absolute Gasteiger partial charge is 0.0863 e. The van der Waals surface area contributed by atoms with Gasteiger partial charge in [-0.1, -0.05) is 37.3 Å². The maximum atomic E-state index is 4.67. The summed E-state index contributed by atoms with van der Waals surface area (Å²) in [4.78, 5) is 0.